The van der Waals surface area contributed by atoms with Gasteiger partial charge in [0.1, 0.15) is 0 Å². The molecule has 2 N–H and O–H groups in total. The molecule has 0 amide bonds. The lowest BCUT2D eigenvalue weighted by Crippen LogP contribution is -2.45. The molecular weight excluding hydrogens is 188 g/mol. The summed E-state index contributed by atoms with van der Waals surface area (Å²) in [6, 6.07) is 0.430. The minimum absolute atomic E-state index is 0.430. The van der Waals surface area contributed by atoms with Crippen LogP contribution in [0.4, 0.5) is 0 Å². The molecule has 0 saturated carbocycles. The lowest BCUT2D eigenvalue weighted by molar-refractivity contribution is 0.0914. The van der Waals surface area contributed by atoms with Crippen molar-refractivity contribution in [2.75, 3.05) is 33.9 Å². The maximum absolute atomic E-state index is 5.82. The van der Waals surface area contributed by atoms with E-state index in [-0.39, 0.29) is 0 Å². The van der Waals surface area contributed by atoms with E-state index in [0.29, 0.717) is 18.5 Å². The molecular formula is C12H28N2O. The molecule has 0 aromatic rings. The first-order valence-electron chi connectivity index (χ1n) is 5.95. The highest BCUT2D eigenvalue weighted by Crippen LogP contribution is 2.12. The van der Waals surface area contributed by atoms with Gasteiger partial charge in [0.15, 0.2) is 0 Å². The summed E-state index contributed by atoms with van der Waals surface area (Å²) in [6.45, 7) is 9.32. The fourth-order valence-corrected chi connectivity index (χ4v) is 1.98. The van der Waals surface area contributed by atoms with Crippen LogP contribution in [0.1, 0.15) is 27.2 Å². The largest absolute Gasteiger partial charge is 0.384 e. The number of nitrogens with zero attached hydrogens (tertiary/aromatic N) is 1. The highest BCUT2D eigenvalue weighted by molar-refractivity contribution is 4.76. The average Bonchev–Trinajstić information content (AvgIpc) is 2.19. The molecule has 15 heavy (non-hydrogen) atoms. The zero-order valence-electron chi connectivity index (χ0n) is 11.0. The first kappa shape index (κ1) is 14.9. The minimum atomic E-state index is 0.430. The van der Waals surface area contributed by atoms with Crippen molar-refractivity contribution in [2.24, 2.45) is 17.6 Å². The molecule has 0 saturated heterocycles. The molecule has 3 nitrogen and oxygen atoms in total. The highest BCUT2D eigenvalue weighted by atomic mass is 16.5. The molecule has 3 unspecified atom stereocenters. The maximum atomic E-state index is 5.82. The highest BCUT2D eigenvalue weighted by Gasteiger charge is 2.21. The quantitative estimate of drug-likeness (QED) is 0.669. The number of methoxy groups -OCH3 is 1. The van der Waals surface area contributed by atoms with Gasteiger partial charge in [-0.25, -0.2) is 0 Å². The van der Waals surface area contributed by atoms with E-state index in [1.165, 1.54) is 6.42 Å². The van der Waals surface area contributed by atoms with Gasteiger partial charge in [0, 0.05) is 26.2 Å². The summed E-state index contributed by atoms with van der Waals surface area (Å²) in [4.78, 5) is 2.37. The molecule has 92 valence electrons. The Morgan fingerprint density at radius 1 is 1.33 bits per heavy atom. The van der Waals surface area contributed by atoms with Crippen molar-refractivity contribution in [1.82, 2.24) is 4.90 Å². The number of rotatable bonds is 8. The Morgan fingerprint density at radius 3 is 2.33 bits per heavy atom. The second kappa shape index (κ2) is 8.08. The molecule has 0 aromatic heterocycles. The second-order valence-electron chi connectivity index (χ2n) is 4.69. The van der Waals surface area contributed by atoms with E-state index >= 15 is 0 Å². The van der Waals surface area contributed by atoms with Crippen LogP contribution in [0.25, 0.3) is 0 Å². The smallest absolute Gasteiger partial charge is 0.0503 e. The fourth-order valence-electron chi connectivity index (χ4n) is 1.98. The molecule has 0 rings (SSSR count). The van der Waals surface area contributed by atoms with E-state index in [1.54, 1.807) is 7.11 Å². The van der Waals surface area contributed by atoms with E-state index < -0.39 is 0 Å². The van der Waals surface area contributed by atoms with Crippen molar-refractivity contribution in [1.29, 1.82) is 0 Å². The van der Waals surface area contributed by atoms with Gasteiger partial charge in [-0.1, -0.05) is 27.2 Å². The number of likely N-dealkylation sites (N-methyl/N-ethyl adjacent to an activating group) is 1. The van der Waals surface area contributed by atoms with Crippen molar-refractivity contribution in [2.45, 2.75) is 33.2 Å². The summed E-state index contributed by atoms with van der Waals surface area (Å²) < 4.78 is 5.19. The van der Waals surface area contributed by atoms with Crippen LogP contribution in [-0.4, -0.2) is 44.8 Å². The molecule has 0 aromatic carbocycles. The Balaban J connectivity index is 4.13. The van der Waals surface area contributed by atoms with Gasteiger partial charge in [-0.05, 0) is 18.9 Å². The fraction of sp³-hybridized carbons (Fsp3) is 1.00. The zero-order valence-corrected chi connectivity index (χ0v) is 11.0. The molecule has 0 spiro atoms. The van der Waals surface area contributed by atoms with Crippen molar-refractivity contribution < 1.29 is 4.74 Å². The van der Waals surface area contributed by atoms with Crippen molar-refractivity contribution >= 4 is 0 Å². The average molecular weight is 216 g/mol. The number of hydrogen-bond donors (Lipinski definition) is 1. The monoisotopic (exact) mass is 216 g/mol. The maximum Gasteiger partial charge on any atom is 0.0503 e. The van der Waals surface area contributed by atoms with Gasteiger partial charge in [0.05, 0.1) is 6.61 Å². The minimum Gasteiger partial charge on any atom is -0.384 e. The molecule has 0 aliphatic heterocycles. The lowest BCUT2D eigenvalue weighted by Gasteiger charge is -2.33. The zero-order chi connectivity index (χ0) is 11.8. The standard InChI is InChI=1S/C12H28N2O/c1-6-10(2)8-14(4)12(7-13)11(3)9-15-5/h10-12H,6-9,13H2,1-5H3. The number of nitrogens with two attached hydrogens (primary N) is 1. The predicted octanol–water partition coefficient (Wildman–Crippen LogP) is 1.57. The van der Waals surface area contributed by atoms with E-state index in [4.69, 9.17) is 10.5 Å². The SMILES string of the molecule is CCC(C)CN(C)C(CN)C(C)COC. The number of hydrogen-bond acceptors (Lipinski definition) is 3. The van der Waals surface area contributed by atoms with Crippen molar-refractivity contribution in [3.05, 3.63) is 0 Å². The third-order valence-corrected chi connectivity index (χ3v) is 3.19. The Bertz CT molecular complexity index is 153. The molecule has 0 bridgehead atoms. The molecule has 0 fully saturated rings. The van der Waals surface area contributed by atoms with Gasteiger partial charge < -0.3 is 15.4 Å². The van der Waals surface area contributed by atoms with E-state index in [9.17, 15) is 0 Å². The van der Waals surface area contributed by atoms with E-state index in [0.717, 1.165) is 19.1 Å². The van der Waals surface area contributed by atoms with Gasteiger partial charge >= 0.3 is 0 Å². The van der Waals surface area contributed by atoms with Crippen molar-refractivity contribution in [3.63, 3.8) is 0 Å². The van der Waals surface area contributed by atoms with Crippen LogP contribution >= 0.6 is 0 Å². The summed E-state index contributed by atoms with van der Waals surface area (Å²) >= 11 is 0. The summed E-state index contributed by atoms with van der Waals surface area (Å²) in [5.41, 5.74) is 5.82. The van der Waals surface area contributed by atoms with Gasteiger partial charge in [0.25, 0.3) is 0 Å². The van der Waals surface area contributed by atoms with Crippen LogP contribution in [0.15, 0.2) is 0 Å². The van der Waals surface area contributed by atoms with Gasteiger partial charge in [0.2, 0.25) is 0 Å². The first-order chi connectivity index (χ1) is 7.06. The molecule has 0 aliphatic rings. The first-order valence-corrected chi connectivity index (χ1v) is 5.95. The molecule has 3 atom stereocenters. The predicted molar refractivity (Wildman–Crippen MR) is 66.0 cm³/mol. The number of ether oxygens (including phenoxy) is 1. The van der Waals surface area contributed by atoms with E-state index in [2.05, 4.69) is 32.7 Å². The van der Waals surface area contributed by atoms with Crippen LogP contribution in [0.3, 0.4) is 0 Å². The normalized spacial score (nSPS) is 17.8. The van der Waals surface area contributed by atoms with Crippen LogP contribution in [-0.2, 0) is 4.74 Å². The molecule has 0 heterocycles. The van der Waals surface area contributed by atoms with Gasteiger partial charge in [-0.15, -0.1) is 0 Å². The Labute approximate surface area is 95.0 Å². The van der Waals surface area contributed by atoms with Crippen molar-refractivity contribution in [3.8, 4) is 0 Å². The van der Waals surface area contributed by atoms with Gasteiger partial charge in [-0.3, -0.25) is 0 Å². The lowest BCUT2D eigenvalue weighted by atomic mass is 10.00. The van der Waals surface area contributed by atoms with E-state index in [1.807, 2.05) is 0 Å². The third-order valence-electron chi connectivity index (χ3n) is 3.19. The summed E-state index contributed by atoms with van der Waals surface area (Å²) in [5, 5.41) is 0. The summed E-state index contributed by atoms with van der Waals surface area (Å²) in [5.74, 6) is 1.23. The molecule has 0 aliphatic carbocycles. The Hall–Kier alpha value is -0.120. The van der Waals surface area contributed by atoms with Crippen LogP contribution in [0.5, 0.6) is 0 Å². The summed E-state index contributed by atoms with van der Waals surface area (Å²) in [6.07, 6.45) is 1.22. The Morgan fingerprint density at radius 2 is 1.93 bits per heavy atom. The van der Waals surface area contributed by atoms with Crippen LogP contribution < -0.4 is 5.73 Å². The summed E-state index contributed by atoms with van der Waals surface area (Å²) in [7, 11) is 3.91. The third kappa shape index (κ3) is 5.50. The molecule has 0 radical (unpaired) electrons. The van der Waals surface area contributed by atoms with Gasteiger partial charge in [-0.2, -0.15) is 0 Å². The van der Waals surface area contributed by atoms with Crippen LogP contribution in [0, 0.1) is 11.8 Å². The second-order valence-corrected chi connectivity index (χ2v) is 4.69. The topological polar surface area (TPSA) is 38.5 Å². The Kier molecular flexibility index (Phi) is 8.02. The van der Waals surface area contributed by atoms with Crippen LogP contribution in [0.2, 0.25) is 0 Å². The molecule has 3 heteroatoms.